The molecule has 0 N–H and O–H groups in total. The van der Waals surface area contributed by atoms with Crippen molar-refractivity contribution < 1.29 is 14.3 Å². The number of imidazole rings is 1. The van der Waals surface area contributed by atoms with Gasteiger partial charge in [0.1, 0.15) is 16.9 Å². The van der Waals surface area contributed by atoms with Crippen LogP contribution >= 0.6 is 11.3 Å². The molecule has 0 bridgehead atoms. The quantitative estimate of drug-likeness (QED) is 0.650. The van der Waals surface area contributed by atoms with Crippen molar-refractivity contribution >= 4 is 22.0 Å². The number of carbonyl (C=O) groups excluding carboxylic acids is 1. The van der Waals surface area contributed by atoms with E-state index in [4.69, 9.17) is 9.47 Å². The van der Waals surface area contributed by atoms with Gasteiger partial charge in [0.25, 0.3) is 0 Å². The van der Waals surface area contributed by atoms with Crippen LogP contribution in [0.3, 0.4) is 0 Å². The summed E-state index contributed by atoms with van der Waals surface area (Å²) >= 11 is 1.46. The molecule has 3 aromatic rings. The minimum Gasteiger partial charge on any atom is -0.496 e. The number of hydrogen-bond acceptors (Lipinski definition) is 6. The Hall–Kier alpha value is -2.41. The molecule has 0 saturated heterocycles. The average Bonchev–Trinajstić information content (AvgIpc) is 3.16. The number of thiazole rings is 1. The topological polar surface area (TPSA) is 65.7 Å². The number of hydrogen-bond donors (Lipinski definition) is 0. The van der Waals surface area contributed by atoms with Crippen molar-refractivity contribution in [1.82, 2.24) is 14.4 Å². The van der Waals surface area contributed by atoms with Crippen molar-refractivity contribution in [2.24, 2.45) is 0 Å². The van der Waals surface area contributed by atoms with Crippen LogP contribution in [0.5, 0.6) is 11.6 Å². The van der Waals surface area contributed by atoms with Gasteiger partial charge in [0, 0.05) is 25.2 Å². The second-order valence-corrected chi connectivity index (χ2v) is 5.98. The molecule has 0 radical (unpaired) electrons. The van der Waals surface area contributed by atoms with Crippen LogP contribution in [-0.2, 0) is 6.42 Å². The first-order valence-corrected chi connectivity index (χ1v) is 8.04. The number of ketones is 1. The molecule has 0 aliphatic heterocycles. The maximum Gasteiger partial charge on any atom is 0.220 e. The molecule has 0 fully saturated rings. The Morgan fingerprint density at radius 1 is 1.30 bits per heavy atom. The maximum atomic E-state index is 11.9. The van der Waals surface area contributed by atoms with Crippen molar-refractivity contribution in [2.45, 2.75) is 19.8 Å². The maximum absolute atomic E-state index is 11.9. The van der Waals surface area contributed by atoms with Crippen molar-refractivity contribution in [3.8, 4) is 11.6 Å². The molecule has 120 valence electrons. The Kier molecular flexibility index (Phi) is 4.29. The van der Waals surface area contributed by atoms with Gasteiger partial charge in [0.2, 0.25) is 5.88 Å². The van der Waals surface area contributed by atoms with Crippen molar-refractivity contribution in [3.05, 3.63) is 40.9 Å². The summed E-state index contributed by atoms with van der Waals surface area (Å²) in [5.74, 6) is 1.37. The van der Waals surface area contributed by atoms with E-state index in [1.165, 1.54) is 11.3 Å². The second kappa shape index (κ2) is 6.37. The highest BCUT2D eigenvalue weighted by molar-refractivity contribution is 7.19. The molecule has 0 atom stereocenters. The minimum absolute atomic E-state index is 0.140. The number of ether oxygens (including phenoxy) is 2. The molecule has 0 aromatic carbocycles. The van der Waals surface area contributed by atoms with E-state index < -0.39 is 0 Å². The summed E-state index contributed by atoms with van der Waals surface area (Å²) in [6.45, 7) is 1.86. The third-order valence-corrected chi connectivity index (χ3v) is 4.80. The van der Waals surface area contributed by atoms with Crippen molar-refractivity contribution in [3.63, 3.8) is 0 Å². The van der Waals surface area contributed by atoms with Crippen LogP contribution < -0.4 is 9.47 Å². The molecule has 0 aliphatic rings. The lowest BCUT2D eigenvalue weighted by molar-refractivity contribution is 0.0991. The molecule has 0 saturated carbocycles. The summed E-state index contributed by atoms with van der Waals surface area (Å²) in [5.41, 5.74) is 1.71. The summed E-state index contributed by atoms with van der Waals surface area (Å²) in [6.07, 6.45) is 6.23. The van der Waals surface area contributed by atoms with Gasteiger partial charge in [0.15, 0.2) is 5.78 Å². The highest BCUT2D eigenvalue weighted by Crippen LogP contribution is 2.31. The molecule has 0 unspecified atom stereocenters. The molecule has 6 nitrogen and oxygen atoms in total. The highest BCUT2D eigenvalue weighted by atomic mass is 32.1. The Balaban J connectivity index is 2.02. The minimum atomic E-state index is 0.140. The summed E-state index contributed by atoms with van der Waals surface area (Å²) in [5, 5.41) is 0. The largest absolute Gasteiger partial charge is 0.496 e. The molecular weight excluding hydrogens is 314 g/mol. The highest BCUT2D eigenvalue weighted by Gasteiger charge is 2.17. The van der Waals surface area contributed by atoms with Crippen LogP contribution in [0.2, 0.25) is 0 Å². The fourth-order valence-electron chi connectivity index (χ4n) is 2.43. The lowest BCUT2D eigenvalue weighted by atomic mass is 10.1. The summed E-state index contributed by atoms with van der Waals surface area (Å²) in [6, 6.07) is 1.80. The molecular formula is C16H17N3O3S. The summed E-state index contributed by atoms with van der Waals surface area (Å²) in [7, 11) is 3.20. The van der Waals surface area contributed by atoms with Crippen LogP contribution in [0.1, 0.15) is 34.3 Å². The fourth-order valence-corrected chi connectivity index (χ4v) is 3.51. The monoisotopic (exact) mass is 331 g/mol. The number of carbonyl (C=O) groups is 1. The Morgan fingerprint density at radius 2 is 2.13 bits per heavy atom. The van der Waals surface area contributed by atoms with E-state index in [1.807, 2.05) is 17.5 Å². The van der Waals surface area contributed by atoms with Crippen LogP contribution in [0.4, 0.5) is 0 Å². The number of Topliss-reactive ketones (excluding diaryl/α,β-unsaturated/α-hetero) is 1. The van der Waals surface area contributed by atoms with Gasteiger partial charge in [-0.2, -0.15) is 0 Å². The van der Waals surface area contributed by atoms with E-state index in [-0.39, 0.29) is 5.78 Å². The van der Waals surface area contributed by atoms with E-state index in [0.29, 0.717) is 24.5 Å². The molecule has 7 heteroatoms. The predicted octanol–water partition coefficient (Wildman–Crippen LogP) is 2.99. The van der Waals surface area contributed by atoms with Crippen molar-refractivity contribution in [1.29, 1.82) is 0 Å². The molecule has 3 rings (SSSR count). The van der Waals surface area contributed by atoms with Gasteiger partial charge in [-0.05, 0) is 6.07 Å². The first-order valence-electron chi connectivity index (χ1n) is 7.22. The zero-order chi connectivity index (χ0) is 16.4. The number of nitrogens with zero attached hydrogens (tertiary/aromatic N) is 3. The smallest absolute Gasteiger partial charge is 0.220 e. The standard InChI is InChI=1S/C16H17N3O3S/c1-4-12(20)14-8-19-9-18-11(16(19)23-14)7-10-13(21-2)5-6-17-15(10)22-3/h5-6,8-9H,4,7H2,1-3H3. The Bertz CT molecular complexity index is 831. The number of aromatic nitrogens is 3. The van der Waals surface area contributed by atoms with Crippen LogP contribution in [0.25, 0.3) is 4.83 Å². The number of rotatable bonds is 6. The zero-order valence-corrected chi connectivity index (χ0v) is 14.0. The first-order chi connectivity index (χ1) is 11.2. The molecule has 3 heterocycles. The molecule has 0 aliphatic carbocycles. The Labute approximate surface area is 137 Å². The van der Waals surface area contributed by atoms with Gasteiger partial charge < -0.3 is 9.47 Å². The zero-order valence-electron chi connectivity index (χ0n) is 13.2. The SMILES string of the molecule is CCC(=O)c1cn2cnc(Cc3c(OC)ccnc3OC)c2s1. The Morgan fingerprint density at radius 3 is 2.83 bits per heavy atom. The van der Waals surface area contributed by atoms with E-state index in [2.05, 4.69) is 9.97 Å². The lowest BCUT2D eigenvalue weighted by Crippen LogP contribution is -2.00. The van der Waals surface area contributed by atoms with Gasteiger partial charge in [-0.25, -0.2) is 9.97 Å². The third kappa shape index (κ3) is 2.79. The van der Waals surface area contributed by atoms with E-state index in [0.717, 1.165) is 21.0 Å². The molecule has 23 heavy (non-hydrogen) atoms. The number of fused-ring (bicyclic) bond motifs is 1. The first kappa shape index (κ1) is 15.5. The normalized spacial score (nSPS) is 10.9. The van der Waals surface area contributed by atoms with Gasteiger partial charge in [-0.3, -0.25) is 9.20 Å². The fraction of sp³-hybridized carbons (Fsp3) is 0.312. The van der Waals surface area contributed by atoms with Crippen LogP contribution in [-0.4, -0.2) is 34.4 Å². The second-order valence-electron chi connectivity index (χ2n) is 4.95. The summed E-state index contributed by atoms with van der Waals surface area (Å²) < 4.78 is 12.6. The van der Waals surface area contributed by atoms with Crippen molar-refractivity contribution in [2.75, 3.05) is 14.2 Å². The van der Waals surface area contributed by atoms with E-state index in [1.54, 1.807) is 32.8 Å². The van der Waals surface area contributed by atoms with Gasteiger partial charge in [-0.15, -0.1) is 11.3 Å². The van der Waals surface area contributed by atoms with Gasteiger partial charge >= 0.3 is 0 Å². The van der Waals surface area contributed by atoms with Gasteiger partial charge in [-0.1, -0.05) is 6.92 Å². The summed E-state index contributed by atoms with van der Waals surface area (Å²) in [4.78, 5) is 22.3. The van der Waals surface area contributed by atoms with Gasteiger partial charge in [0.05, 0.1) is 30.4 Å². The average molecular weight is 331 g/mol. The van der Waals surface area contributed by atoms with E-state index in [9.17, 15) is 4.79 Å². The predicted molar refractivity (Wildman–Crippen MR) is 87.8 cm³/mol. The van der Waals surface area contributed by atoms with Crippen LogP contribution in [0.15, 0.2) is 24.8 Å². The lowest BCUT2D eigenvalue weighted by Gasteiger charge is -2.10. The third-order valence-electron chi connectivity index (χ3n) is 3.61. The molecule has 3 aromatic heterocycles. The number of pyridine rings is 1. The van der Waals surface area contributed by atoms with Crippen LogP contribution in [0, 0.1) is 0 Å². The molecule has 0 amide bonds. The number of methoxy groups -OCH3 is 2. The van der Waals surface area contributed by atoms with E-state index >= 15 is 0 Å². The molecule has 0 spiro atoms.